The van der Waals surface area contributed by atoms with Crippen LogP contribution < -0.4 is 5.32 Å². The lowest BCUT2D eigenvalue weighted by Gasteiger charge is -2.38. The second kappa shape index (κ2) is 6.59. The fourth-order valence-electron chi connectivity index (χ4n) is 1.98. The summed E-state index contributed by atoms with van der Waals surface area (Å²) in [4.78, 5) is 15.7. The molecule has 1 saturated heterocycles. The number of amidine groups is 1. The highest BCUT2D eigenvalue weighted by atomic mass is 16.2. The molecule has 5 nitrogen and oxygen atoms in total. The lowest BCUT2D eigenvalue weighted by molar-refractivity contribution is -0.130. The van der Waals surface area contributed by atoms with Gasteiger partial charge in [0.15, 0.2) is 0 Å². The van der Waals surface area contributed by atoms with E-state index in [1.807, 2.05) is 4.90 Å². The van der Waals surface area contributed by atoms with Gasteiger partial charge in [-0.1, -0.05) is 6.92 Å². The van der Waals surface area contributed by atoms with E-state index in [4.69, 9.17) is 5.41 Å². The minimum absolute atomic E-state index is 0.103. The molecule has 1 fully saturated rings. The van der Waals surface area contributed by atoms with Gasteiger partial charge in [-0.25, -0.2) is 0 Å². The Hall–Kier alpha value is -1.10. The Bertz CT molecular complexity index is 278. The minimum atomic E-state index is 0.103. The van der Waals surface area contributed by atoms with Gasteiger partial charge in [0.05, 0.1) is 13.1 Å². The standard InChI is InChI=1S/C12H24N4O/c1-4-5-14-8-12(17)15-6-7-16(10(2)3)11(13)9-15/h10,13-14H,4-9H2,1-3H3. The number of hydrogen-bond donors (Lipinski definition) is 2. The number of carbonyl (C=O) groups is 1. The summed E-state index contributed by atoms with van der Waals surface area (Å²) in [6.45, 7) is 9.45. The van der Waals surface area contributed by atoms with Crippen molar-refractivity contribution in [3.63, 3.8) is 0 Å². The lowest BCUT2D eigenvalue weighted by Crippen LogP contribution is -2.55. The molecule has 0 radical (unpaired) electrons. The molecule has 0 aliphatic carbocycles. The van der Waals surface area contributed by atoms with Crippen molar-refractivity contribution in [2.75, 3.05) is 32.7 Å². The average Bonchev–Trinajstić information content (AvgIpc) is 2.28. The average molecular weight is 240 g/mol. The molecule has 1 heterocycles. The first-order chi connectivity index (χ1) is 8.06. The zero-order chi connectivity index (χ0) is 12.8. The van der Waals surface area contributed by atoms with Crippen molar-refractivity contribution in [2.24, 2.45) is 0 Å². The van der Waals surface area contributed by atoms with Gasteiger partial charge in [0.1, 0.15) is 5.84 Å². The highest BCUT2D eigenvalue weighted by Gasteiger charge is 2.25. The molecule has 1 rings (SSSR count). The summed E-state index contributed by atoms with van der Waals surface area (Å²) in [5.74, 6) is 0.654. The van der Waals surface area contributed by atoms with E-state index in [-0.39, 0.29) is 5.91 Å². The predicted molar refractivity (Wildman–Crippen MR) is 69.3 cm³/mol. The van der Waals surface area contributed by atoms with E-state index in [2.05, 4.69) is 26.1 Å². The number of nitrogens with one attached hydrogen (secondary N) is 2. The van der Waals surface area contributed by atoms with Crippen LogP contribution in [0.15, 0.2) is 0 Å². The number of nitrogens with zero attached hydrogens (tertiary/aromatic N) is 2. The van der Waals surface area contributed by atoms with Gasteiger partial charge < -0.3 is 15.1 Å². The Morgan fingerprint density at radius 1 is 1.47 bits per heavy atom. The summed E-state index contributed by atoms with van der Waals surface area (Å²) in [6, 6.07) is 0.345. The first kappa shape index (κ1) is 14.0. The quantitative estimate of drug-likeness (QED) is 0.689. The molecular weight excluding hydrogens is 216 g/mol. The monoisotopic (exact) mass is 240 g/mol. The maximum atomic E-state index is 11.8. The fourth-order valence-corrected chi connectivity index (χ4v) is 1.98. The summed E-state index contributed by atoms with van der Waals surface area (Å²) in [5.41, 5.74) is 0. The van der Waals surface area contributed by atoms with Gasteiger partial charge in [-0.15, -0.1) is 0 Å². The first-order valence-electron chi connectivity index (χ1n) is 6.38. The normalized spacial score (nSPS) is 16.8. The van der Waals surface area contributed by atoms with E-state index in [0.29, 0.717) is 25.0 Å². The molecular formula is C12H24N4O. The third kappa shape index (κ3) is 4.00. The molecule has 0 bridgehead atoms. The molecule has 0 aromatic heterocycles. The van der Waals surface area contributed by atoms with Gasteiger partial charge in [-0.2, -0.15) is 0 Å². The van der Waals surface area contributed by atoms with Crippen molar-refractivity contribution < 1.29 is 4.79 Å². The van der Waals surface area contributed by atoms with Crippen LogP contribution in [0, 0.1) is 5.41 Å². The first-order valence-corrected chi connectivity index (χ1v) is 6.38. The summed E-state index contributed by atoms with van der Waals surface area (Å²) in [6.07, 6.45) is 1.03. The Kier molecular flexibility index (Phi) is 5.41. The van der Waals surface area contributed by atoms with Gasteiger partial charge in [-0.05, 0) is 26.8 Å². The lowest BCUT2D eigenvalue weighted by atomic mass is 10.2. The van der Waals surface area contributed by atoms with Gasteiger partial charge in [0, 0.05) is 19.1 Å². The summed E-state index contributed by atoms with van der Waals surface area (Å²) in [7, 11) is 0. The fraction of sp³-hybridized carbons (Fsp3) is 0.833. The van der Waals surface area contributed by atoms with Crippen molar-refractivity contribution in [3.05, 3.63) is 0 Å². The van der Waals surface area contributed by atoms with Gasteiger partial charge in [0.2, 0.25) is 5.91 Å². The minimum Gasteiger partial charge on any atom is -0.355 e. The van der Waals surface area contributed by atoms with Crippen molar-refractivity contribution in [1.29, 1.82) is 5.41 Å². The third-order valence-corrected chi connectivity index (χ3v) is 2.98. The van der Waals surface area contributed by atoms with Gasteiger partial charge in [-0.3, -0.25) is 10.2 Å². The van der Waals surface area contributed by atoms with Crippen molar-refractivity contribution in [1.82, 2.24) is 15.1 Å². The zero-order valence-corrected chi connectivity index (χ0v) is 11.1. The van der Waals surface area contributed by atoms with E-state index in [1.165, 1.54) is 0 Å². The van der Waals surface area contributed by atoms with Crippen molar-refractivity contribution >= 4 is 11.7 Å². The Labute approximate surface area is 104 Å². The Morgan fingerprint density at radius 3 is 2.71 bits per heavy atom. The van der Waals surface area contributed by atoms with Crippen molar-refractivity contribution in [2.45, 2.75) is 33.2 Å². The molecule has 2 N–H and O–H groups in total. The van der Waals surface area contributed by atoms with Crippen LogP contribution in [0.2, 0.25) is 0 Å². The SMILES string of the molecule is CCCNCC(=O)N1CCN(C(C)C)C(=N)C1. The topological polar surface area (TPSA) is 59.4 Å². The number of piperazine rings is 1. The van der Waals surface area contributed by atoms with E-state index < -0.39 is 0 Å². The Morgan fingerprint density at radius 2 is 2.18 bits per heavy atom. The molecule has 1 aliphatic heterocycles. The third-order valence-electron chi connectivity index (χ3n) is 2.98. The molecule has 0 unspecified atom stereocenters. The molecule has 0 spiro atoms. The number of carbonyl (C=O) groups excluding carboxylic acids is 1. The van der Waals surface area contributed by atoms with Crippen LogP contribution in [0.25, 0.3) is 0 Å². The van der Waals surface area contributed by atoms with Crippen LogP contribution in [-0.2, 0) is 4.79 Å². The smallest absolute Gasteiger partial charge is 0.236 e. The second-order valence-electron chi connectivity index (χ2n) is 4.73. The molecule has 17 heavy (non-hydrogen) atoms. The molecule has 0 saturated carbocycles. The summed E-state index contributed by atoms with van der Waals surface area (Å²) >= 11 is 0. The maximum absolute atomic E-state index is 11.8. The van der Waals surface area contributed by atoms with E-state index >= 15 is 0 Å². The Balaban J connectivity index is 2.38. The second-order valence-corrected chi connectivity index (χ2v) is 4.73. The molecule has 5 heteroatoms. The molecule has 98 valence electrons. The largest absolute Gasteiger partial charge is 0.355 e. The number of amides is 1. The van der Waals surface area contributed by atoms with Gasteiger partial charge >= 0.3 is 0 Å². The molecule has 0 aromatic carbocycles. The summed E-state index contributed by atoms with van der Waals surface area (Å²) in [5, 5.41) is 11.0. The van der Waals surface area contributed by atoms with Crippen LogP contribution in [0.5, 0.6) is 0 Å². The van der Waals surface area contributed by atoms with Crippen LogP contribution >= 0.6 is 0 Å². The van der Waals surface area contributed by atoms with E-state index in [0.717, 1.165) is 26.1 Å². The molecule has 1 aliphatic rings. The van der Waals surface area contributed by atoms with Gasteiger partial charge in [0.25, 0.3) is 0 Å². The van der Waals surface area contributed by atoms with Crippen molar-refractivity contribution in [3.8, 4) is 0 Å². The number of hydrogen-bond acceptors (Lipinski definition) is 3. The maximum Gasteiger partial charge on any atom is 0.236 e. The van der Waals surface area contributed by atoms with Crippen LogP contribution in [0.4, 0.5) is 0 Å². The van der Waals surface area contributed by atoms with E-state index in [1.54, 1.807) is 4.90 Å². The molecule has 1 amide bonds. The van der Waals surface area contributed by atoms with Crippen LogP contribution in [0.1, 0.15) is 27.2 Å². The highest BCUT2D eigenvalue weighted by molar-refractivity contribution is 5.88. The zero-order valence-electron chi connectivity index (χ0n) is 11.1. The van der Waals surface area contributed by atoms with Crippen LogP contribution in [0.3, 0.4) is 0 Å². The summed E-state index contributed by atoms with van der Waals surface area (Å²) < 4.78 is 0. The predicted octanol–water partition coefficient (Wildman–Crippen LogP) is 0.516. The molecule has 0 atom stereocenters. The molecule has 0 aromatic rings. The number of rotatable bonds is 5. The van der Waals surface area contributed by atoms with E-state index in [9.17, 15) is 4.79 Å². The highest BCUT2D eigenvalue weighted by Crippen LogP contribution is 2.07. The van der Waals surface area contributed by atoms with Crippen LogP contribution in [-0.4, -0.2) is 60.3 Å².